The van der Waals surface area contributed by atoms with Crippen LogP contribution in [0.15, 0.2) is 29.3 Å². The maximum Gasteiger partial charge on any atom is 0.222 e. The van der Waals surface area contributed by atoms with Gasteiger partial charge in [-0.15, -0.1) is 0 Å². The number of methoxy groups -OCH3 is 1. The van der Waals surface area contributed by atoms with E-state index < -0.39 is 0 Å². The molecule has 0 radical (unpaired) electrons. The number of ether oxygens (including phenoxy) is 1. The topological polar surface area (TPSA) is 68.9 Å². The van der Waals surface area contributed by atoms with Gasteiger partial charge in [-0.25, -0.2) is 0 Å². The Kier molecular flexibility index (Phi) is 4.85. The second kappa shape index (κ2) is 7.43. The van der Waals surface area contributed by atoms with E-state index in [1.54, 1.807) is 12.0 Å². The number of carbonyl (C=O) groups is 1. The molecule has 0 aliphatic carbocycles. The van der Waals surface area contributed by atoms with Gasteiger partial charge in [0.1, 0.15) is 5.75 Å². The Balaban J connectivity index is 1.36. The molecule has 2 saturated heterocycles. The molecule has 1 aromatic rings. The Morgan fingerprint density at radius 1 is 1.37 bits per heavy atom. The van der Waals surface area contributed by atoms with Crippen LogP contribution < -0.4 is 4.74 Å². The average molecular weight is 364 g/mol. The number of hydrogen-bond donors (Lipinski definition) is 0. The van der Waals surface area contributed by atoms with Gasteiger partial charge in [0.15, 0.2) is 6.19 Å². The van der Waals surface area contributed by atoms with E-state index >= 15 is 0 Å². The van der Waals surface area contributed by atoms with Crippen LogP contribution in [-0.4, -0.2) is 61.8 Å². The minimum absolute atomic E-state index is 0.219. The average Bonchev–Trinajstić information content (AvgIpc) is 3.32. The van der Waals surface area contributed by atoms with Crippen molar-refractivity contribution in [1.29, 1.82) is 5.26 Å². The lowest BCUT2D eigenvalue weighted by Crippen LogP contribution is -2.49. The zero-order chi connectivity index (χ0) is 18.8. The number of carbonyl (C=O) groups excluding carboxylic acids is 1. The summed E-state index contributed by atoms with van der Waals surface area (Å²) < 4.78 is 5.51. The number of nitrogens with zero attached hydrogens (tertiary/aromatic N) is 4. The highest BCUT2D eigenvalue weighted by Gasteiger charge is 2.34. The van der Waals surface area contributed by atoms with E-state index in [1.165, 1.54) is 11.1 Å². The molecule has 140 valence electrons. The van der Waals surface area contributed by atoms with Crippen LogP contribution in [0.25, 0.3) is 5.57 Å². The molecule has 0 N–H and O–H groups in total. The molecule has 1 atom stereocenters. The molecule has 3 aliphatic rings. The highest BCUT2D eigenvalue weighted by molar-refractivity contribution is 5.91. The first-order valence-electron chi connectivity index (χ1n) is 9.47. The summed E-state index contributed by atoms with van der Waals surface area (Å²) in [5.74, 6) is 1.78. The number of nitriles is 1. The first kappa shape index (κ1) is 17.6. The van der Waals surface area contributed by atoms with Crippen molar-refractivity contribution >= 4 is 17.7 Å². The van der Waals surface area contributed by atoms with Gasteiger partial charge in [-0.1, -0.05) is 6.07 Å². The van der Waals surface area contributed by atoms with Crippen molar-refractivity contribution in [3.8, 4) is 11.9 Å². The third-order valence-corrected chi connectivity index (χ3v) is 5.81. The van der Waals surface area contributed by atoms with Crippen LogP contribution >= 0.6 is 0 Å². The van der Waals surface area contributed by atoms with Crippen molar-refractivity contribution in [3.63, 3.8) is 0 Å². The van der Waals surface area contributed by atoms with E-state index in [-0.39, 0.29) is 5.91 Å². The summed E-state index contributed by atoms with van der Waals surface area (Å²) in [5.41, 5.74) is 3.52. The largest absolute Gasteiger partial charge is 0.496 e. The Morgan fingerprint density at radius 2 is 2.22 bits per heavy atom. The summed E-state index contributed by atoms with van der Waals surface area (Å²) in [7, 11) is 1.69. The number of benzene rings is 1. The van der Waals surface area contributed by atoms with Crippen LogP contribution in [0.2, 0.25) is 0 Å². The predicted molar refractivity (Wildman–Crippen MR) is 104 cm³/mol. The molecule has 6 nitrogen and oxygen atoms in total. The normalized spacial score (nSPS) is 21.8. The third-order valence-electron chi connectivity index (χ3n) is 5.81. The van der Waals surface area contributed by atoms with E-state index in [2.05, 4.69) is 23.3 Å². The fourth-order valence-electron chi connectivity index (χ4n) is 4.11. The standard InChI is InChI=1S/C21H24N4O2/c1-27-20-3-2-16(9-19(20)17-4-6-23-10-17)18-12-25(13-18)21(26)8-15-5-7-24(11-15)14-22/h2-4,6,9,15,18H,5,7-8,10-13H2,1H3/t15-/m0/s1. The summed E-state index contributed by atoms with van der Waals surface area (Å²) in [5, 5.41) is 8.94. The Morgan fingerprint density at radius 3 is 2.89 bits per heavy atom. The van der Waals surface area contributed by atoms with Gasteiger partial charge < -0.3 is 14.5 Å². The molecule has 6 heteroatoms. The van der Waals surface area contributed by atoms with Gasteiger partial charge >= 0.3 is 0 Å². The van der Waals surface area contributed by atoms with E-state index in [9.17, 15) is 4.79 Å². The van der Waals surface area contributed by atoms with Gasteiger partial charge in [-0.2, -0.15) is 5.26 Å². The quantitative estimate of drug-likeness (QED) is 0.752. The molecule has 0 saturated carbocycles. The molecule has 3 heterocycles. The van der Waals surface area contributed by atoms with Crippen molar-refractivity contribution in [1.82, 2.24) is 9.80 Å². The molecule has 0 unspecified atom stereocenters. The van der Waals surface area contributed by atoms with Crippen LogP contribution in [0.1, 0.15) is 29.9 Å². The molecule has 2 fully saturated rings. The summed E-state index contributed by atoms with van der Waals surface area (Å²) in [6.07, 6.45) is 7.54. The molecule has 1 aromatic carbocycles. The number of allylic oxidation sites excluding steroid dienone is 1. The van der Waals surface area contributed by atoms with Crippen molar-refractivity contribution < 1.29 is 9.53 Å². The Bertz CT molecular complexity index is 833. The minimum atomic E-state index is 0.219. The van der Waals surface area contributed by atoms with Gasteiger partial charge in [0.2, 0.25) is 5.91 Å². The number of aliphatic imine (C=N–C) groups is 1. The van der Waals surface area contributed by atoms with Crippen LogP contribution in [0, 0.1) is 17.4 Å². The Labute approximate surface area is 159 Å². The van der Waals surface area contributed by atoms with Crippen molar-refractivity contribution in [3.05, 3.63) is 35.4 Å². The zero-order valence-corrected chi connectivity index (χ0v) is 15.6. The van der Waals surface area contributed by atoms with Crippen LogP contribution in [0.3, 0.4) is 0 Å². The fourth-order valence-corrected chi connectivity index (χ4v) is 4.11. The van der Waals surface area contributed by atoms with Crippen molar-refractivity contribution in [2.45, 2.75) is 18.8 Å². The van der Waals surface area contributed by atoms with E-state index in [4.69, 9.17) is 10.00 Å². The molecular weight excluding hydrogens is 340 g/mol. The first-order chi connectivity index (χ1) is 13.2. The van der Waals surface area contributed by atoms with E-state index in [1.807, 2.05) is 23.3 Å². The number of hydrogen-bond acceptors (Lipinski definition) is 5. The van der Waals surface area contributed by atoms with Gasteiger partial charge in [0.05, 0.1) is 13.7 Å². The molecule has 1 amide bonds. The fraction of sp³-hybridized carbons (Fsp3) is 0.476. The zero-order valence-electron chi connectivity index (χ0n) is 15.6. The van der Waals surface area contributed by atoms with Crippen LogP contribution in [0.5, 0.6) is 5.75 Å². The van der Waals surface area contributed by atoms with Gasteiger partial charge in [0.25, 0.3) is 0 Å². The monoisotopic (exact) mass is 364 g/mol. The lowest BCUT2D eigenvalue weighted by atomic mass is 9.88. The minimum Gasteiger partial charge on any atom is -0.496 e. The Hall–Kier alpha value is -2.81. The molecule has 4 rings (SSSR count). The molecule has 3 aliphatic heterocycles. The van der Waals surface area contributed by atoms with Gasteiger partial charge in [-0.05, 0) is 41.7 Å². The number of rotatable bonds is 5. The van der Waals surface area contributed by atoms with Crippen LogP contribution in [0.4, 0.5) is 0 Å². The third kappa shape index (κ3) is 3.55. The highest BCUT2D eigenvalue weighted by Crippen LogP contribution is 2.35. The number of likely N-dealkylation sites (tertiary alicyclic amines) is 2. The highest BCUT2D eigenvalue weighted by atomic mass is 16.5. The van der Waals surface area contributed by atoms with E-state index in [0.29, 0.717) is 24.8 Å². The lowest BCUT2D eigenvalue weighted by molar-refractivity contribution is -0.136. The van der Waals surface area contributed by atoms with Gasteiger partial charge in [0, 0.05) is 50.3 Å². The van der Waals surface area contributed by atoms with Crippen molar-refractivity contribution in [2.24, 2.45) is 10.9 Å². The molecule has 0 spiro atoms. The molecular formula is C21H24N4O2. The second-order valence-corrected chi connectivity index (χ2v) is 7.54. The summed E-state index contributed by atoms with van der Waals surface area (Å²) in [6, 6.07) is 6.31. The maximum absolute atomic E-state index is 12.5. The predicted octanol–water partition coefficient (Wildman–Crippen LogP) is 2.28. The number of amides is 1. The summed E-state index contributed by atoms with van der Waals surface area (Å²) in [6.45, 7) is 3.74. The summed E-state index contributed by atoms with van der Waals surface area (Å²) >= 11 is 0. The lowest BCUT2D eigenvalue weighted by Gasteiger charge is -2.40. The van der Waals surface area contributed by atoms with Gasteiger partial charge in [-0.3, -0.25) is 9.79 Å². The second-order valence-electron chi connectivity index (χ2n) is 7.54. The first-order valence-corrected chi connectivity index (χ1v) is 9.47. The maximum atomic E-state index is 12.5. The molecule has 0 aromatic heterocycles. The van der Waals surface area contributed by atoms with Crippen LogP contribution in [-0.2, 0) is 4.79 Å². The molecule has 27 heavy (non-hydrogen) atoms. The smallest absolute Gasteiger partial charge is 0.222 e. The van der Waals surface area contributed by atoms with Crippen molar-refractivity contribution in [2.75, 3.05) is 39.8 Å². The molecule has 0 bridgehead atoms. The summed E-state index contributed by atoms with van der Waals surface area (Å²) in [4.78, 5) is 20.5. The SMILES string of the molecule is COc1ccc(C2CN(C(=O)C[C@@H]3CCN(C#N)C3)C2)cc1C1=CC=NC1. The van der Waals surface area contributed by atoms with E-state index in [0.717, 1.165) is 43.9 Å².